The molecule has 0 spiro atoms. The van der Waals surface area contributed by atoms with E-state index in [2.05, 4.69) is 10.4 Å². The van der Waals surface area contributed by atoms with Gasteiger partial charge in [-0.15, -0.1) is 0 Å². The first kappa shape index (κ1) is 18.7. The molecule has 0 radical (unpaired) electrons. The lowest BCUT2D eigenvalue weighted by atomic mass is 10.1. The summed E-state index contributed by atoms with van der Waals surface area (Å²) in [6.07, 6.45) is -4.53. The van der Waals surface area contributed by atoms with Crippen LogP contribution >= 0.6 is 0 Å². The molecule has 0 fully saturated rings. The number of rotatable bonds is 4. The van der Waals surface area contributed by atoms with Gasteiger partial charge < -0.3 is 4.74 Å². The number of hydrogen-bond donors (Lipinski definition) is 0. The normalized spacial score (nSPS) is 11.6. The standard InChI is InChI=1S/C18H17F3N4O2/c1-11-7-8-14(18(19,20)21)16(9-11)27-10-13-12(2)5-4-6-15(13)25-17(26)24(3)22-23-25/h4-9H,10H2,1-3H3. The molecule has 1 aromatic heterocycles. The molecule has 0 amide bonds. The second kappa shape index (κ2) is 6.90. The molecular formula is C18H17F3N4O2. The highest BCUT2D eigenvalue weighted by Crippen LogP contribution is 2.37. The smallest absolute Gasteiger partial charge is 0.419 e. The molecule has 0 unspecified atom stereocenters. The van der Waals surface area contributed by atoms with Crippen LogP contribution in [-0.4, -0.2) is 19.8 Å². The summed E-state index contributed by atoms with van der Waals surface area (Å²) in [5.74, 6) is -0.261. The Labute approximate surface area is 152 Å². The van der Waals surface area contributed by atoms with Gasteiger partial charge in [0.1, 0.15) is 12.4 Å². The average molecular weight is 378 g/mol. The maximum Gasteiger partial charge on any atom is 0.419 e. The molecule has 3 aromatic rings. The summed E-state index contributed by atoms with van der Waals surface area (Å²) < 4.78 is 47.4. The molecule has 27 heavy (non-hydrogen) atoms. The Morgan fingerprint density at radius 1 is 1.11 bits per heavy atom. The molecule has 0 N–H and O–H groups in total. The fourth-order valence-electron chi connectivity index (χ4n) is 2.67. The molecular weight excluding hydrogens is 361 g/mol. The van der Waals surface area contributed by atoms with Crippen LogP contribution in [0, 0.1) is 13.8 Å². The van der Waals surface area contributed by atoms with Crippen LogP contribution in [0.15, 0.2) is 41.2 Å². The molecule has 0 bridgehead atoms. The Kier molecular flexibility index (Phi) is 4.77. The van der Waals surface area contributed by atoms with Gasteiger partial charge in [0.25, 0.3) is 0 Å². The fourth-order valence-corrected chi connectivity index (χ4v) is 2.67. The third-order valence-corrected chi connectivity index (χ3v) is 4.15. The zero-order valence-corrected chi connectivity index (χ0v) is 14.9. The van der Waals surface area contributed by atoms with Crippen LogP contribution < -0.4 is 10.4 Å². The summed E-state index contributed by atoms with van der Waals surface area (Å²) in [6.45, 7) is 3.31. The van der Waals surface area contributed by atoms with Crippen molar-refractivity contribution in [3.05, 3.63) is 69.1 Å². The fraction of sp³-hybridized carbons (Fsp3) is 0.278. The van der Waals surface area contributed by atoms with E-state index in [1.54, 1.807) is 32.0 Å². The van der Waals surface area contributed by atoms with Crippen LogP contribution in [0.3, 0.4) is 0 Å². The van der Waals surface area contributed by atoms with Gasteiger partial charge in [0.2, 0.25) is 0 Å². The van der Waals surface area contributed by atoms with Crippen molar-refractivity contribution in [2.75, 3.05) is 0 Å². The minimum atomic E-state index is -4.53. The summed E-state index contributed by atoms with van der Waals surface area (Å²) in [5, 5.41) is 7.46. The van der Waals surface area contributed by atoms with E-state index >= 15 is 0 Å². The highest BCUT2D eigenvalue weighted by Gasteiger charge is 2.34. The summed E-state index contributed by atoms with van der Waals surface area (Å²) in [6, 6.07) is 8.87. The van der Waals surface area contributed by atoms with Gasteiger partial charge in [0.05, 0.1) is 11.3 Å². The van der Waals surface area contributed by atoms with Crippen molar-refractivity contribution in [3.8, 4) is 11.4 Å². The first-order valence-corrected chi connectivity index (χ1v) is 8.07. The summed E-state index contributed by atoms with van der Waals surface area (Å²) in [4.78, 5) is 12.1. The molecule has 0 aliphatic carbocycles. The van der Waals surface area contributed by atoms with Gasteiger partial charge in [0, 0.05) is 12.6 Å². The monoisotopic (exact) mass is 378 g/mol. The highest BCUT2D eigenvalue weighted by molar-refractivity contribution is 5.45. The molecule has 9 heteroatoms. The van der Waals surface area contributed by atoms with E-state index in [0.29, 0.717) is 16.8 Å². The third kappa shape index (κ3) is 3.71. The van der Waals surface area contributed by atoms with Crippen molar-refractivity contribution in [2.45, 2.75) is 26.6 Å². The number of aromatic nitrogens is 4. The number of ether oxygens (including phenoxy) is 1. The first-order chi connectivity index (χ1) is 12.7. The van der Waals surface area contributed by atoms with Crippen molar-refractivity contribution in [1.82, 2.24) is 19.8 Å². The van der Waals surface area contributed by atoms with E-state index in [1.807, 2.05) is 0 Å². The van der Waals surface area contributed by atoms with Crippen LogP contribution in [0.5, 0.6) is 5.75 Å². The van der Waals surface area contributed by atoms with Crippen LogP contribution in [0.1, 0.15) is 22.3 Å². The van der Waals surface area contributed by atoms with Crippen LogP contribution in [0.25, 0.3) is 5.69 Å². The van der Waals surface area contributed by atoms with E-state index in [4.69, 9.17) is 4.74 Å². The molecule has 0 saturated carbocycles. The molecule has 2 aromatic carbocycles. The van der Waals surface area contributed by atoms with Gasteiger partial charge in [0.15, 0.2) is 0 Å². The molecule has 6 nitrogen and oxygen atoms in total. The largest absolute Gasteiger partial charge is 0.488 e. The Bertz CT molecular complexity index is 1040. The quantitative estimate of drug-likeness (QED) is 0.700. The Balaban J connectivity index is 2.00. The van der Waals surface area contributed by atoms with E-state index < -0.39 is 17.4 Å². The molecule has 3 rings (SSSR count). The molecule has 142 valence electrons. The molecule has 0 atom stereocenters. The number of alkyl halides is 3. The Morgan fingerprint density at radius 3 is 2.48 bits per heavy atom. The van der Waals surface area contributed by atoms with Crippen molar-refractivity contribution >= 4 is 0 Å². The lowest BCUT2D eigenvalue weighted by Gasteiger charge is -2.17. The number of nitrogens with zero attached hydrogens (tertiary/aromatic N) is 4. The third-order valence-electron chi connectivity index (χ3n) is 4.15. The molecule has 0 aliphatic heterocycles. The van der Waals surface area contributed by atoms with Gasteiger partial charge in [-0.2, -0.15) is 22.5 Å². The average Bonchev–Trinajstić information content (AvgIpc) is 2.91. The lowest BCUT2D eigenvalue weighted by Crippen LogP contribution is -2.23. The van der Waals surface area contributed by atoms with E-state index in [0.717, 1.165) is 21.0 Å². The highest BCUT2D eigenvalue weighted by atomic mass is 19.4. The minimum absolute atomic E-state index is 0.155. The Hall–Kier alpha value is -3.10. The number of aryl methyl sites for hydroxylation is 3. The maximum atomic E-state index is 13.2. The van der Waals surface area contributed by atoms with Gasteiger partial charge in [-0.05, 0) is 53.6 Å². The molecule has 0 saturated heterocycles. The van der Waals surface area contributed by atoms with Crippen molar-refractivity contribution < 1.29 is 17.9 Å². The number of benzene rings is 2. The van der Waals surface area contributed by atoms with Crippen molar-refractivity contribution in [1.29, 1.82) is 0 Å². The number of tetrazole rings is 1. The molecule has 1 heterocycles. The van der Waals surface area contributed by atoms with Crippen molar-refractivity contribution in [2.24, 2.45) is 7.05 Å². The second-order valence-corrected chi connectivity index (χ2v) is 6.16. The number of hydrogen-bond acceptors (Lipinski definition) is 4. The van der Waals surface area contributed by atoms with E-state index in [1.165, 1.54) is 19.2 Å². The van der Waals surface area contributed by atoms with E-state index in [9.17, 15) is 18.0 Å². The maximum absolute atomic E-state index is 13.2. The van der Waals surface area contributed by atoms with Crippen LogP contribution in [0.4, 0.5) is 13.2 Å². The van der Waals surface area contributed by atoms with Crippen molar-refractivity contribution in [3.63, 3.8) is 0 Å². The summed E-state index contributed by atoms with van der Waals surface area (Å²) >= 11 is 0. The second-order valence-electron chi connectivity index (χ2n) is 6.16. The minimum Gasteiger partial charge on any atom is -0.488 e. The summed E-state index contributed by atoms with van der Waals surface area (Å²) in [5.41, 5.74) is 1.05. The number of halogens is 3. The summed E-state index contributed by atoms with van der Waals surface area (Å²) in [7, 11) is 1.46. The predicted molar refractivity (Wildman–Crippen MR) is 91.9 cm³/mol. The molecule has 0 aliphatic rings. The SMILES string of the molecule is Cc1ccc(C(F)(F)F)c(OCc2c(C)cccc2-n2nnn(C)c2=O)c1. The zero-order valence-electron chi connectivity index (χ0n) is 14.9. The Morgan fingerprint density at radius 2 is 1.85 bits per heavy atom. The van der Waals surface area contributed by atoms with Crippen LogP contribution in [0.2, 0.25) is 0 Å². The van der Waals surface area contributed by atoms with Gasteiger partial charge in [-0.1, -0.05) is 18.2 Å². The van der Waals surface area contributed by atoms with Crippen LogP contribution in [-0.2, 0) is 19.8 Å². The lowest BCUT2D eigenvalue weighted by molar-refractivity contribution is -0.139. The van der Waals surface area contributed by atoms with Gasteiger partial charge in [-0.25, -0.2) is 4.79 Å². The van der Waals surface area contributed by atoms with Gasteiger partial charge in [-0.3, -0.25) is 0 Å². The predicted octanol–water partition coefficient (Wildman–Crippen LogP) is 3.18. The topological polar surface area (TPSA) is 61.9 Å². The first-order valence-electron chi connectivity index (χ1n) is 8.07. The van der Waals surface area contributed by atoms with Gasteiger partial charge >= 0.3 is 11.9 Å². The zero-order chi connectivity index (χ0) is 19.8. The van der Waals surface area contributed by atoms with E-state index in [-0.39, 0.29) is 12.4 Å².